The molecule has 1 N–H and O–H groups in total. The van der Waals surface area contributed by atoms with Gasteiger partial charge in [-0.1, -0.05) is 61.5 Å². The van der Waals surface area contributed by atoms with Crippen molar-refractivity contribution in [3.05, 3.63) is 12.7 Å². The summed E-state index contributed by atoms with van der Waals surface area (Å²) in [7, 11) is -3.77. The van der Waals surface area contributed by atoms with E-state index in [1.165, 1.54) is 0 Å². The molecule has 0 aromatic heterocycles. The summed E-state index contributed by atoms with van der Waals surface area (Å²) >= 11 is 0. The topological polar surface area (TPSA) is 38.7 Å². The lowest BCUT2D eigenvalue weighted by molar-refractivity contribution is -0.0410. The Kier molecular flexibility index (Phi) is 10.7. The lowest BCUT2D eigenvalue weighted by atomic mass is 9.87. The molecule has 5 atom stereocenters. The third-order valence-electron chi connectivity index (χ3n) is 6.96. The maximum atomic E-state index is 10.6. The Balaban J connectivity index is 5.83. The first-order chi connectivity index (χ1) is 12.2. The fraction of sp³-hybridized carbons (Fsp3) is 0.909. The van der Waals surface area contributed by atoms with Gasteiger partial charge in [0.2, 0.25) is 0 Å². The second kappa shape index (κ2) is 10.7. The number of aliphatic hydroxyl groups is 1. The minimum atomic E-state index is -2.00. The van der Waals surface area contributed by atoms with Crippen molar-refractivity contribution in [2.24, 2.45) is 11.8 Å². The van der Waals surface area contributed by atoms with E-state index in [-0.39, 0.29) is 29.1 Å². The van der Waals surface area contributed by atoms with Gasteiger partial charge in [0.15, 0.2) is 16.6 Å². The standard InChI is InChI=1S/C22H48O3Si2/c1-13-17(5)20(25-27(14-2,15-3)16-4)18(6)21(19(7)23)24-26(11,12)22(8,9)10/h13,17-21,23H,1,14-16H2,2-12H3/t17-,18+,19+,20-,21+/m1/s1. The molecule has 162 valence electrons. The number of hydrogen-bond acceptors (Lipinski definition) is 3. The lowest BCUT2D eigenvalue weighted by Crippen LogP contribution is -2.53. The van der Waals surface area contributed by atoms with Crippen LogP contribution in [0, 0.1) is 11.8 Å². The second-order valence-corrected chi connectivity index (χ2v) is 19.3. The Hall–Kier alpha value is 0.0538. The van der Waals surface area contributed by atoms with Gasteiger partial charge in [-0.3, -0.25) is 0 Å². The molecule has 0 fully saturated rings. The van der Waals surface area contributed by atoms with Gasteiger partial charge in [-0.25, -0.2) is 0 Å². The minimum absolute atomic E-state index is 0.0263. The molecule has 0 aliphatic carbocycles. The SMILES string of the molecule is C=C[C@@H](C)[C@@H](O[Si](CC)(CC)CC)[C@H](C)[C@H](O[Si](C)(C)C(C)(C)C)[C@H](C)O. The average Bonchev–Trinajstić information content (AvgIpc) is 2.59. The van der Waals surface area contributed by atoms with Crippen LogP contribution in [0.4, 0.5) is 0 Å². The zero-order valence-electron chi connectivity index (χ0n) is 20.1. The van der Waals surface area contributed by atoms with Crippen molar-refractivity contribution in [1.29, 1.82) is 0 Å². The van der Waals surface area contributed by atoms with E-state index in [0.717, 1.165) is 18.1 Å². The smallest absolute Gasteiger partial charge is 0.192 e. The van der Waals surface area contributed by atoms with Crippen LogP contribution < -0.4 is 0 Å². The second-order valence-electron chi connectivity index (χ2n) is 9.86. The van der Waals surface area contributed by atoms with Gasteiger partial charge in [-0.2, -0.15) is 0 Å². The normalized spacial score (nSPS) is 19.3. The molecule has 0 unspecified atom stereocenters. The lowest BCUT2D eigenvalue weighted by Gasteiger charge is -2.45. The zero-order chi connectivity index (χ0) is 21.6. The molecule has 0 saturated carbocycles. The van der Waals surface area contributed by atoms with Crippen LogP contribution in [0.5, 0.6) is 0 Å². The molecular weight excluding hydrogens is 368 g/mol. The minimum Gasteiger partial charge on any atom is -0.413 e. The van der Waals surface area contributed by atoms with Crippen LogP contribution in [0.2, 0.25) is 36.3 Å². The molecule has 0 heterocycles. The van der Waals surface area contributed by atoms with Gasteiger partial charge in [0, 0.05) is 5.92 Å². The van der Waals surface area contributed by atoms with Gasteiger partial charge in [-0.15, -0.1) is 6.58 Å². The van der Waals surface area contributed by atoms with Gasteiger partial charge in [-0.05, 0) is 49.1 Å². The Morgan fingerprint density at radius 1 is 0.926 bits per heavy atom. The molecule has 0 bridgehead atoms. The van der Waals surface area contributed by atoms with Crippen LogP contribution >= 0.6 is 0 Å². The Morgan fingerprint density at radius 2 is 1.37 bits per heavy atom. The van der Waals surface area contributed by atoms with Crippen molar-refractivity contribution in [2.75, 3.05) is 0 Å². The number of aliphatic hydroxyl groups excluding tert-OH is 1. The maximum Gasteiger partial charge on any atom is 0.192 e. The Morgan fingerprint density at radius 3 is 1.67 bits per heavy atom. The van der Waals surface area contributed by atoms with Crippen LogP contribution in [0.25, 0.3) is 0 Å². The summed E-state index contributed by atoms with van der Waals surface area (Å²) in [6, 6.07) is 3.36. The van der Waals surface area contributed by atoms with Crippen molar-refractivity contribution in [2.45, 2.75) is 117 Å². The predicted octanol–water partition coefficient (Wildman–Crippen LogP) is 6.61. The summed E-state index contributed by atoms with van der Waals surface area (Å²) in [6.07, 6.45) is 1.26. The summed E-state index contributed by atoms with van der Waals surface area (Å²) < 4.78 is 13.6. The monoisotopic (exact) mass is 416 g/mol. The maximum absolute atomic E-state index is 10.6. The Labute approximate surface area is 172 Å². The van der Waals surface area contributed by atoms with Gasteiger partial charge in [0.05, 0.1) is 18.3 Å². The number of hydrogen-bond donors (Lipinski definition) is 1. The third kappa shape index (κ3) is 7.11. The first-order valence-electron chi connectivity index (χ1n) is 10.9. The largest absolute Gasteiger partial charge is 0.413 e. The fourth-order valence-corrected chi connectivity index (χ4v) is 7.92. The van der Waals surface area contributed by atoms with Crippen LogP contribution in [0.3, 0.4) is 0 Å². The number of rotatable bonds is 12. The zero-order valence-corrected chi connectivity index (χ0v) is 22.1. The van der Waals surface area contributed by atoms with Crippen LogP contribution in [-0.4, -0.2) is 40.1 Å². The van der Waals surface area contributed by atoms with Crippen LogP contribution in [-0.2, 0) is 8.85 Å². The van der Waals surface area contributed by atoms with Gasteiger partial charge < -0.3 is 14.0 Å². The molecule has 0 amide bonds. The molecule has 3 nitrogen and oxygen atoms in total. The predicted molar refractivity (Wildman–Crippen MR) is 124 cm³/mol. The average molecular weight is 417 g/mol. The van der Waals surface area contributed by atoms with Crippen LogP contribution in [0.1, 0.15) is 62.3 Å². The van der Waals surface area contributed by atoms with E-state index in [0.29, 0.717) is 0 Å². The Bertz CT molecular complexity index is 431. The molecule has 0 aromatic carbocycles. The highest BCUT2D eigenvalue weighted by molar-refractivity contribution is 6.74. The van der Waals surface area contributed by atoms with Crippen molar-refractivity contribution in [3.63, 3.8) is 0 Å². The van der Waals surface area contributed by atoms with Crippen molar-refractivity contribution in [1.82, 2.24) is 0 Å². The quantitative estimate of drug-likeness (QED) is 0.287. The molecular formula is C22H48O3Si2. The molecule has 0 saturated heterocycles. The van der Waals surface area contributed by atoms with E-state index in [1.807, 2.05) is 13.0 Å². The summed E-state index contributed by atoms with van der Waals surface area (Å²) in [5, 5.41) is 10.7. The highest BCUT2D eigenvalue weighted by Gasteiger charge is 2.44. The van der Waals surface area contributed by atoms with E-state index in [1.54, 1.807) is 0 Å². The molecule has 5 heteroatoms. The fourth-order valence-electron chi connectivity index (χ4n) is 3.47. The first kappa shape index (κ1) is 27.1. The molecule has 0 aromatic rings. The van der Waals surface area contributed by atoms with E-state index >= 15 is 0 Å². The van der Waals surface area contributed by atoms with E-state index in [4.69, 9.17) is 8.85 Å². The van der Waals surface area contributed by atoms with E-state index in [9.17, 15) is 5.11 Å². The summed E-state index contributed by atoms with van der Waals surface area (Å²) in [6.45, 7) is 28.3. The molecule has 0 radical (unpaired) electrons. The van der Waals surface area contributed by atoms with Crippen LogP contribution in [0.15, 0.2) is 12.7 Å². The third-order valence-corrected chi connectivity index (χ3v) is 16.1. The highest BCUT2D eigenvalue weighted by atomic mass is 28.4. The van der Waals surface area contributed by atoms with Gasteiger partial charge in [0.1, 0.15) is 0 Å². The van der Waals surface area contributed by atoms with Gasteiger partial charge in [0.25, 0.3) is 0 Å². The summed E-state index contributed by atoms with van der Waals surface area (Å²) in [5.41, 5.74) is 0. The molecule has 27 heavy (non-hydrogen) atoms. The molecule has 0 aliphatic rings. The first-order valence-corrected chi connectivity index (χ1v) is 16.3. The highest BCUT2D eigenvalue weighted by Crippen LogP contribution is 2.40. The molecule has 0 spiro atoms. The van der Waals surface area contributed by atoms with Crippen molar-refractivity contribution in [3.8, 4) is 0 Å². The molecule has 0 aliphatic heterocycles. The summed E-state index contributed by atoms with van der Waals surface area (Å²) in [4.78, 5) is 0. The van der Waals surface area contributed by atoms with Crippen molar-refractivity contribution < 1.29 is 14.0 Å². The van der Waals surface area contributed by atoms with Gasteiger partial charge >= 0.3 is 0 Å². The summed E-state index contributed by atoms with van der Waals surface area (Å²) in [5.74, 6) is 0.324. The van der Waals surface area contributed by atoms with Crippen molar-refractivity contribution >= 4 is 16.6 Å². The van der Waals surface area contributed by atoms with E-state index in [2.05, 4.69) is 75.1 Å². The molecule has 0 rings (SSSR count). The van der Waals surface area contributed by atoms with E-state index < -0.39 is 22.7 Å².